The van der Waals surface area contributed by atoms with E-state index in [2.05, 4.69) is 0 Å². The first-order valence-electron chi connectivity index (χ1n) is 6.41. The van der Waals surface area contributed by atoms with E-state index in [4.69, 9.17) is 4.42 Å². The summed E-state index contributed by atoms with van der Waals surface area (Å²) in [6, 6.07) is 6.81. The summed E-state index contributed by atoms with van der Waals surface area (Å²) in [6.45, 7) is 1.68. The Labute approximate surface area is 124 Å². The van der Waals surface area contributed by atoms with E-state index in [1.165, 1.54) is 6.07 Å². The molecule has 6 heteroatoms. The van der Waals surface area contributed by atoms with Crippen molar-refractivity contribution in [2.24, 2.45) is 0 Å². The Morgan fingerprint density at radius 1 is 1.00 bits per heavy atom. The van der Waals surface area contributed by atoms with Crippen LogP contribution in [0.3, 0.4) is 0 Å². The fourth-order valence-electron chi connectivity index (χ4n) is 2.39. The third kappa shape index (κ3) is 1.93. The molecule has 22 heavy (non-hydrogen) atoms. The molecule has 1 aromatic heterocycles. The van der Waals surface area contributed by atoms with E-state index < -0.39 is 16.9 Å². The summed E-state index contributed by atoms with van der Waals surface area (Å²) in [4.78, 5) is 12.2. The van der Waals surface area contributed by atoms with Gasteiger partial charge in [-0.05, 0) is 18.6 Å². The van der Waals surface area contributed by atoms with Crippen molar-refractivity contribution in [3.05, 3.63) is 46.1 Å². The third-order valence-electron chi connectivity index (χ3n) is 3.41. The topological polar surface area (TPSA) is 111 Å². The van der Waals surface area contributed by atoms with Gasteiger partial charge >= 0.3 is 0 Å². The minimum absolute atomic E-state index is 0.0991. The van der Waals surface area contributed by atoms with E-state index in [0.29, 0.717) is 5.56 Å². The van der Waals surface area contributed by atoms with Crippen LogP contribution >= 0.6 is 0 Å². The van der Waals surface area contributed by atoms with Crippen molar-refractivity contribution < 1.29 is 24.8 Å². The van der Waals surface area contributed by atoms with Crippen LogP contribution in [-0.2, 0) is 0 Å². The molecule has 1 heterocycles. The largest absolute Gasteiger partial charge is 0.508 e. The normalized spacial score (nSPS) is 11.0. The van der Waals surface area contributed by atoms with E-state index in [9.17, 15) is 25.2 Å². The summed E-state index contributed by atoms with van der Waals surface area (Å²) >= 11 is 0. The van der Waals surface area contributed by atoms with E-state index >= 15 is 0 Å². The van der Waals surface area contributed by atoms with E-state index in [0.717, 1.165) is 12.1 Å². The minimum atomic E-state index is -0.851. The average molecular weight is 300 g/mol. The molecule has 0 aliphatic rings. The summed E-state index contributed by atoms with van der Waals surface area (Å²) in [5.41, 5.74) is -0.196. The average Bonchev–Trinajstić information content (AvgIpc) is 2.43. The standard InChI is InChI=1S/C16H12O6/c1-7-3-2-4-9(18)12(7)16-15(21)14(20)13-10(19)5-8(17)6-11(13)22-16/h2-6,17-19,21H,1H3. The Hall–Kier alpha value is -3.15. The van der Waals surface area contributed by atoms with Gasteiger partial charge in [0.05, 0.1) is 5.56 Å². The highest BCUT2D eigenvalue weighted by Gasteiger charge is 2.21. The third-order valence-corrected chi connectivity index (χ3v) is 3.41. The maximum absolute atomic E-state index is 12.2. The number of phenols is 3. The van der Waals surface area contributed by atoms with Gasteiger partial charge in [0.1, 0.15) is 28.2 Å². The molecule has 3 rings (SSSR count). The lowest BCUT2D eigenvalue weighted by molar-refractivity contribution is 0.435. The zero-order valence-electron chi connectivity index (χ0n) is 11.5. The highest BCUT2D eigenvalue weighted by molar-refractivity contribution is 5.89. The molecule has 0 amide bonds. The van der Waals surface area contributed by atoms with Gasteiger partial charge in [-0.15, -0.1) is 0 Å². The van der Waals surface area contributed by atoms with Crippen molar-refractivity contribution >= 4 is 11.0 Å². The Bertz CT molecular complexity index is 935. The van der Waals surface area contributed by atoms with Crippen LogP contribution in [0, 0.1) is 6.92 Å². The van der Waals surface area contributed by atoms with Gasteiger partial charge in [-0.2, -0.15) is 0 Å². The van der Waals surface area contributed by atoms with Gasteiger partial charge in [0.2, 0.25) is 11.2 Å². The summed E-state index contributed by atoms with van der Waals surface area (Å²) < 4.78 is 5.45. The molecule has 0 aliphatic heterocycles. The summed E-state index contributed by atoms with van der Waals surface area (Å²) in [5, 5.41) is 39.1. The van der Waals surface area contributed by atoms with Crippen molar-refractivity contribution in [3.63, 3.8) is 0 Å². The lowest BCUT2D eigenvalue weighted by Gasteiger charge is -2.10. The van der Waals surface area contributed by atoms with Crippen LogP contribution < -0.4 is 5.43 Å². The van der Waals surface area contributed by atoms with Crippen molar-refractivity contribution in [2.45, 2.75) is 6.92 Å². The second kappa shape index (κ2) is 4.70. The number of fused-ring (bicyclic) bond motifs is 1. The van der Waals surface area contributed by atoms with Crippen molar-refractivity contribution in [2.75, 3.05) is 0 Å². The van der Waals surface area contributed by atoms with Gasteiger partial charge in [0, 0.05) is 12.1 Å². The lowest BCUT2D eigenvalue weighted by atomic mass is 10.0. The quantitative estimate of drug-likeness (QED) is 0.549. The first-order chi connectivity index (χ1) is 10.4. The Kier molecular flexibility index (Phi) is 2.95. The van der Waals surface area contributed by atoms with E-state index in [-0.39, 0.29) is 33.8 Å². The predicted octanol–water partition coefficient (Wildman–Crippen LogP) is 2.59. The molecule has 4 N–H and O–H groups in total. The first-order valence-corrected chi connectivity index (χ1v) is 6.41. The second-order valence-corrected chi connectivity index (χ2v) is 4.92. The van der Waals surface area contributed by atoms with Gasteiger partial charge in [-0.25, -0.2) is 0 Å². The maximum atomic E-state index is 12.2. The number of hydrogen-bond acceptors (Lipinski definition) is 6. The van der Waals surface area contributed by atoms with Gasteiger partial charge in [0.15, 0.2) is 5.76 Å². The summed E-state index contributed by atoms with van der Waals surface area (Å²) in [6.07, 6.45) is 0. The molecule has 0 spiro atoms. The molecule has 6 nitrogen and oxygen atoms in total. The molecule has 0 saturated heterocycles. The number of aromatic hydroxyl groups is 4. The monoisotopic (exact) mass is 300 g/mol. The fraction of sp³-hybridized carbons (Fsp3) is 0.0625. The second-order valence-electron chi connectivity index (χ2n) is 4.92. The molecule has 112 valence electrons. The molecule has 0 aliphatic carbocycles. The minimum Gasteiger partial charge on any atom is -0.508 e. The van der Waals surface area contributed by atoms with Gasteiger partial charge < -0.3 is 24.8 Å². The number of aryl methyl sites for hydroxylation is 1. The van der Waals surface area contributed by atoms with Crippen LogP contribution in [0.25, 0.3) is 22.3 Å². The van der Waals surface area contributed by atoms with Crippen LogP contribution in [0.4, 0.5) is 0 Å². The van der Waals surface area contributed by atoms with Gasteiger partial charge in [0.25, 0.3) is 0 Å². The fourth-order valence-corrected chi connectivity index (χ4v) is 2.39. The van der Waals surface area contributed by atoms with Crippen LogP contribution in [0.15, 0.2) is 39.5 Å². The number of benzene rings is 2. The summed E-state index contributed by atoms with van der Waals surface area (Å²) in [7, 11) is 0. The molecular formula is C16H12O6. The molecule has 2 aromatic carbocycles. The molecule has 0 unspecified atom stereocenters. The molecule has 0 saturated carbocycles. The Balaban J connectivity index is 2.47. The van der Waals surface area contributed by atoms with Crippen LogP contribution in [0.2, 0.25) is 0 Å². The molecule has 0 bridgehead atoms. The number of phenolic OH excluding ortho intramolecular Hbond substituents is 3. The zero-order chi connectivity index (χ0) is 16.0. The lowest BCUT2D eigenvalue weighted by Crippen LogP contribution is -2.03. The SMILES string of the molecule is Cc1cccc(O)c1-c1oc2cc(O)cc(O)c2c(=O)c1O. The Morgan fingerprint density at radius 2 is 1.73 bits per heavy atom. The number of hydrogen-bond donors (Lipinski definition) is 4. The highest BCUT2D eigenvalue weighted by atomic mass is 16.4. The molecule has 0 atom stereocenters. The first kappa shape index (κ1) is 13.8. The maximum Gasteiger partial charge on any atom is 0.238 e. The number of rotatable bonds is 1. The highest BCUT2D eigenvalue weighted by Crippen LogP contribution is 2.39. The van der Waals surface area contributed by atoms with E-state index in [1.54, 1.807) is 19.1 Å². The Morgan fingerprint density at radius 3 is 2.41 bits per heavy atom. The van der Waals surface area contributed by atoms with Crippen molar-refractivity contribution in [1.29, 1.82) is 0 Å². The van der Waals surface area contributed by atoms with Crippen LogP contribution in [0.1, 0.15) is 5.56 Å². The predicted molar refractivity (Wildman–Crippen MR) is 79.3 cm³/mol. The molecule has 0 fully saturated rings. The van der Waals surface area contributed by atoms with E-state index in [1.807, 2.05) is 0 Å². The van der Waals surface area contributed by atoms with Gasteiger partial charge in [-0.3, -0.25) is 4.79 Å². The van der Waals surface area contributed by atoms with Gasteiger partial charge in [-0.1, -0.05) is 12.1 Å². The zero-order valence-corrected chi connectivity index (χ0v) is 11.5. The van der Waals surface area contributed by atoms with Crippen LogP contribution in [0.5, 0.6) is 23.0 Å². The van der Waals surface area contributed by atoms with Crippen LogP contribution in [-0.4, -0.2) is 20.4 Å². The molecule has 0 radical (unpaired) electrons. The van der Waals surface area contributed by atoms with Crippen molar-refractivity contribution in [3.8, 4) is 34.3 Å². The summed E-state index contributed by atoms with van der Waals surface area (Å²) in [5.74, 6) is -1.91. The molecule has 3 aromatic rings. The van der Waals surface area contributed by atoms with Crippen molar-refractivity contribution in [1.82, 2.24) is 0 Å². The molecular weight excluding hydrogens is 288 g/mol. The smallest absolute Gasteiger partial charge is 0.238 e.